The normalized spacial score (nSPS) is 13.2. The predicted molar refractivity (Wildman–Crippen MR) is 88.4 cm³/mol. The first-order valence-corrected chi connectivity index (χ1v) is 8.23. The molecule has 1 N–H and O–H groups in total. The molecular weight excluding hydrogens is 278 g/mol. The van der Waals surface area contributed by atoms with Crippen LogP contribution in [0, 0.1) is 0 Å². The van der Waals surface area contributed by atoms with Crippen LogP contribution >= 0.6 is 11.3 Å². The summed E-state index contributed by atoms with van der Waals surface area (Å²) < 4.78 is 2.05. The fourth-order valence-electron chi connectivity index (χ4n) is 2.85. The molecule has 4 heteroatoms. The fraction of sp³-hybridized carbons (Fsp3) is 0.235. The van der Waals surface area contributed by atoms with Crippen LogP contribution in [0.3, 0.4) is 0 Å². The van der Waals surface area contributed by atoms with E-state index in [0.717, 1.165) is 36.6 Å². The average molecular weight is 295 g/mol. The summed E-state index contributed by atoms with van der Waals surface area (Å²) in [7, 11) is 0. The number of fused-ring (bicyclic) bond motifs is 1. The van der Waals surface area contributed by atoms with Crippen LogP contribution in [-0.4, -0.2) is 16.3 Å². The van der Waals surface area contributed by atoms with Gasteiger partial charge in [-0.1, -0.05) is 25.1 Å². The summed E-state index contributed by atoms with van der Waals surface area (Å²) in [6, 6.07) is 12.9. The summed E-state index contributed by atoms with van der Waals surface area (Å²) in [5.41, 5.74) is 4.95. The third-order valence-electron chi connectivity index (χ3n) is 3.99. The Morgan fingerprint density at radius 2 is 2.10 bits per heavy atom. The fourth-order valence-corrected chi connectivity index (χ4v) is 3.58. The molecule has 106 valence electrons. The van der Waals surface area contributed by atoms with Gasteiger partial charge >= 0.3 is 0 Å². The van der Waals surface area contributed by atoms with E-state index in [1.807, 2.05) is 0 Å². The van der Waals surface area contributed by atoms with E-state index in [0.29, 0.717) is 0 Å². The van der Waals surface area contributed by atoms with Crippen LogP contribution in [-0.2, 0) is 12.8 Å². The van der Waals surface area contributed by atoms with E-state index in [1.165, 1.54) is 16.0 Å². The van der Waals surface area contributed by atoms with E-state index in [4.69, 9.17) is 5.10 Å². The topological polar surface area (TPSA) is 29.9 Å². The highest BCUT2D eigenvalue weighted by molar-refractivity contribution is 7.13. The van der Waals surface area contributed by atoms with Crippen LogP contribution in [0.2, 0.25) is 0 Å². The first-order chi connectivity index (χ1) is 10.4. The Balaban J connectivity index is 1.84. The van der Waals surface area contributed by atoms with Gasteiger partial charge in [0.25, 0.3) is 0 Å². The Bertz CT molecular complexity index is 754. The number of thiophene rings is 1. The zero-order valence-electron chi connectivity index (χ0n) is 12.0. The Morgan fingerprint density at radius 3 is 2.81 bits per heavy atom. The number of hydrogen-bond donors (Lipinski definition) is 1. The van der Waals surface area contributed by atoms with Crippen LogP contribution in [0.15, 0.2) is 41.8 Å². The maximum Gasteiger partial charge on any atom is 0.133 e. The van der Waals surface area contributed by atoms with Gasteiger partial charge in [0.1, 0.15) is 11.5 Å². The summed E-state index contributed by atoms with van der Waals surface area (Å²) in [5, 5.41) is 10.5. The van der Waals surface area contributed by atoms with Gasteiger partial charge in [0.2, 0.25) is 0 Å². The maximum atomic E-state index is 4.86. The molecule has 0 radical (unpaired) electrons. The highest BCUT2D eigenvalue weighted by atomic mass is 32.1. The molecule has 0 saturated heterocycles. The first-order valence-electron chi connectivity index (χ1n) is 7.36. The van der Waals surface area contributed by atoms with Gasteiger partial charge in [0, 0.05) is 12.1 Å². The van der Waals surface area contributed by atoms with Crippen LogP contribution in [0.25, 0.3) is 16.3 Å². The smallest absolute Gasteiger partial charge is 0.133 e. The Labute approximate surface area is 128 Å². The lowest BCUT2D eigenvalue weighted by molar-refractivity contribution is 0.882. The van der Waals surface area contributed by atoms with Gasteiger partial charge < -0.3 is 5.32 Å². The van der Waals surface area contributed by atoms with E-state index < -0.39 is 0 Å². The minimum Gasteiger partial charge on any atom is -0.369 e. The molecular formula is C17H17N3S. The maximum absolute atomic E-state index is 4.86. The number of aromatic nitrogens is 2. The lowest BCUT2D eigenvalue weighted by atomic mass is 10.1. The molecule has 1 aliphatic heterocycles. The second-order valence-corrected chi connectivity index (χ2v) is 6.21. The number of nitrogens with zero attached hydrogens (tertiary/aromatic N) is 2. The van der Waals surface area contributed by atoms with Crippen molar-refractivity contribution in [3.05, 3.63) is 52.9 Å². The largest absolute Gasteiger partial charge is 0.369 e. The zero-order chi connectivity index (χ0) is 14.2. The summed E-state index contributed by atoms with van der Waals surface area (Å²) in [6.07, 6.45) is 2.12. The monoisotopic (exact) mass is 295 g/mol. The van der Waals surface area contributed by atoms with Crippen LogP contribution in [0.4, 0.5) is 5.82 Å². The molecule has 2 aromatic heterocycles. The van der Waals surface area contributed by atoms with Gasteiger partial charge in [0.15, 0.2) is 0 Å². The van der Waals surface area contributed by atoms with Crippen molar-refractivity contribution >= 4 is 17.2 Å². The van der Waals surface area contributed by atoms with Crippen molar-refractivity contribution in [1.82, 2.24) is 9.78 Å². The molecule has 3 heterocycles. The summed E-state index contributed by atoms with van der Waals surface area (Å²) in [6.45, 7) is 3.18. The van der Waals surface area contributed by atoms with Gasteiger partial charge in [-0.15, -0.1) is 11.3 Å². The molecule has 1 aromatic carbocycles. The van der Waals surface area contributed by atoms with Crippen molar-refractivity contribution in [1.29, 1.82) is 0 Å². The van der Waals surface area contributed by atoms with Crippen LogP contribution in [0.1, 0.15) is 18.1 Å². The molecule has 0 aliphatic carbocycles. The van der Waals surface area contributed by atoms with E-state index in [9.17, 15) is 0 Å². The summed E-state index contributed by atoms with van der Waals surface area (Å²) in [5.74, 6) is 1.16. The van der Waals surface area contributed by atoms with Crippen LogP contribution < -0.4 is 5.32 Å². The van der Waals surface area contributed by atoms with Gasteiger partial charge in [-0.05, 0) is 42.0 Å². The molecule has 0 amide bonds. The van der Waals surface area contributed by atoms with Crippen molar-refractivity contribution in [2.24, 2.45) is 0 Å². The molecule has 0 bridgehead atoms. The molecule has 3 nitrogen and oxygen atoms in total. The van der Waals surface area contributed by atoms with Crippen molar-refractivity contribution in [3.63, 3.8) is 0 Å². The van der Waals surface area contributed by atoms with Gasteiger partial charge in [-0.2, -0.15) is 5.10 Å². The van der Waals surface area contributed by atoms with E-state index >= 15 is 0 Å². The molecule has 0 saturated carbocycles. The second-order valence-electron chi connectivity index (χ2n) is 5.26. The zero-order valence-corrected chi connectivity index (χ0v) is 12.8. The third kappa shape index (κ3) is 2.07. The second kappa shape index (κ2) is 5.04. The van der Waals surface area contributed by atoms with Crippen molar-refractivity contribution in [2.75, 3.05) is 11.9 Å². The summed E-state index contributed by atoms with van der Waals surface area (Å²) >= 11 is 1.75. The SMILES string of the molecule is CCc1ccc(-n2nc(-c3cccs3)c3c2NCC3)cc1. The minimum absolute atomic E-state index is 0.999. The lowest BCUT2D eigenvalue weighted by Crippen LogP contribution is -2.04. The molecule has 4 rings (SSSR count). The average Bonchev–Trinajstić information content (AvgIpc) is 3.24. The highest BCUT2D eigenvalue weighted by Gasteiger charge is 2.24. The molecule has 0 atom stereocenters. The Morgan fingerprint density at radius 1 is 1.24 bits per heavy atom. The van der Waals surface area contributed by atoms with Crippen molar-refractivity contribution in [2.45, 2.75) is 19.8 Å². The molecule has 3 aromatic rings. The molecule has 0 unspecified atom stereocenters. The number of anilines is 1. The standard InChI is InChI=1S/C17H17N3S/c1-2-12-5-7-13(8-6-12)20-17-14(9-10-18-17)16(19-20)15-4-3-11-21-15/h3-8,11,18H,2,9-10H2,1H3. The van der Waals surface area contributed by atoms with E-state index in [2.05, 4.69) is 58.7 Å². The first kappa shape index (κ1) is 12.7. The molecule has 21 heavy (non-hydrogen) atoms. The molecule has 0 spiro atoms. The quantitative estimate of drug-likeness (QED) is 0.787. The third-order valence-corrected chi connectivity index (χ3v) is 4.87. The van der Waals surface area contributed by atoms with Crippen molar-refractivity contribution < 1.29 is 0 Å². The number of aryl methyl sites for hydroxylation is 1. The number of nitrogens with one attached hydrogen (secondary N) is 1. The lowest BCUT2D eigenvalue weighted by Gasteiger charge is -2.07. The number of hydrogen-bond acceptors (Lipinski definition) is 3. The van der Waals surface area contributed by atoms with Gasteiger partial charge in [0.05, 0.1) is 10.6 Å². The molecule has 0 fully saturated rings. The predicted octanol–water partition coefficient (Wildman–Crippen LogP) is 4.13. The van der Waals surface area contributed by atoms with Gasteiger partial charge in [-0.3, -0.25) is 0 Å². The number of benzene rings is 1. The number of rotatable bonds is 3. The summed E-state index contributed by atoms with van der Waals surface area (Å²) in [4.78, 5) is 1.25. The Kier molecular flexibility index (Phi) is 3.04. The van der Waals surface area contributed by atoms with E-state index in [-0.39, 0.29) is 0 Å². The Hall–Kier alpha value is -2.07. The minimum atomic E-state index is 0.999. The van der Waals surface area contributed by atoms with E-state index in [1.54, 1.807) is 11.3 Å². The van der Waals surface area contributed by atoms with Crippen molar-refractivity contribution in [3.8, 4) is 16.3 Å². The molecule has 1 aliphatic rings. The van der Waals surface area contributed by atoms with Crippen LogP contribution in [0.5, 0.6) is 0 Å². The van der Waals surface area contributed by atoms with Gasteiger partial charge in [-0.25, -0.2) is 4.68 Å². The highest BCUT2D eigenvalue weighted by Crippen LogP contribution is 2.36.